The lowest BCUT2D eigenvalue weighted by atomic mass is 10.1. The minimum Gasteiger partial charge on any atom is -0.223 e. The molecule has 122 valence electrons. The molecule has 1 aliphatic rings. The van der Waals surface area contributed by atoms with Crippen LogP contribution < -0.4 is 9.03 Å². The van der Waals surface area contributed by atoms with Gasteiger partial charge < -0.3 is 0 Å². The number of nitrogens with zero attached hydrogens (tertiary/aromatic N) is 3. The first-order valence-corrected chi connectivity index (χ1v) is 8.98. The second-order valence-electron chi connectivity index (χ2n) is 5.88. The molecular weight excluding hydrogens is 359 g/mol. The molecule has 0 radical (unpaired) electrons. The van der Waals surface area contributed by atoms with E-state index in [1.165, 1.54) is 6.20 Å². The fraction of sp³-hybridized carbons (Fsp3) is 0.286. The van der Waals surface area contributed by atoms with E-state index in [4.69, 9.17) is 23.2 Å². The van der Waals surface area contributed by atoms with E-state index >= 15 is 0 Å². The maximum absolute atomic E-state index is 12.2. The van der Waals surface area contributed by atoms with Gasteiger partial charge in [-0.2, -0.15) is 18.1 Å². The molecule has 1 fully saturated rings. The number of halogens is 2. The molecule has 2 aromatic rings. The quantitative estimate of drug-likeness (QED) is 0.822. The van der Waals surface area contributed by atoms with Gasteiger partial charge in [-0.15, -0.1) is 0 Å². The van der Waals surface area contributed by atoms with Crippen LogP contribution in [0.3, 0.4) is 0 Å². The second kappa shape index (κ2) is 5.59. The highest BCUT2D eigenvalue weighted by molar-refractivity contribution is 7.91. The average Bonchev–Trinajstić information content (AvgIpc) is 2.68. The van der Waals surface area contributed by atoms with E-state index in [2.05, 4.69) is 14.7 Å². The Labute approximate surface area is 144 Å². The van der Waals surface area contributed by atoms with Crippen molar-refractivity contribution in [3.63, 3.8) is 0 Å². The highest BCUT2D eigenvalue weighted by Crippen LogP contribution is 2.30. The van der Waals surface area contributed by atoms with Gasteiger partial charge in [0.05, 0.1) is 6.54 Å². The van der Waals surface area contributed by atoms with Crippen LogP contribution in [0.2, 0.25) is 10.2 Å². The van der Waals surface area contributed by atoms with Crippen molar-refractivity contribution in [2.45, 2.75) is 19.4 Å². The van der Waals surface area contributed by atoms with E-state index in [1.54, 1.807) is 38.1 Å². The van der Waals surface area contributed by atoms with Crippen molar-refractivity contribution in [1.29, 1.82) is 0 Å². The number of nitrogens with one attached hydrogen (secondary N) is 1. The zero-order valence-corrected chi connectivity index (χ0v) is 14.7. The number of hydrogen-bond acceptors (Lipinski definition) is 4. The number of aromatic nitrogens is 2. The van der Waals surface area contributed by atoms with Crippen molar-refractivity contribution < 1.29 is 8.42 Å². The first-order valence-electron chi connectivity index (χ1n) is 6.78. The summed E-state index contributed by atoms with van der Waals surface area (Å²) in [5.74, 6) is 0.0470. The zero-order chi connectivity index (χ0) is 16.8. The Morgan fingerprint density at radius 2 is 1.87 bits per heavy atom. The summed E-state index contributed by atoms with van der Waals surface area (Å²) in [5, 5.41) is 0.788. The molecule has 2 heterocycles. The summed E-state index contributed by atoms with van der Waals surface area (Å²) >= 11 is 12.1. The molecule has 0 bridgehead atoms. The molecule has 1 aromatic carbocycles. The van der Waals surface area contributed by atoms with Crippen LogP contribution in [-0.2, 0) is 10.2 Å². The Morgan fingerprint density at radius 1 is 1.22 bits per heavy atom. The van der Waals surface area contributed by atoms with Crippen LogP contribution in [0.5, 0.6) is 0 Å². The van der Waals surface area contributed by atoms with E-state index in [1.807, 2.05) is 0 Å². The summed E-state index contributed by atoms with van der Waals surface area (Å²) in [6, 6.07) is 7.06. The van der Waals surface area contributed by atoms with E-state index in [-0.39, 0.29) is 17.6 Å². The standard InChI is InChI=1S/C14H14Cl2N4O2S/c1-14(2)8-20(23(21,22)19-14)13-17-7-11(12(16)18-13)9-3-5-10(15)6-4-9/h3-7,19H,8H2,1-2H3. The molecule has 1 saturated heterocycles. The predicted molar refractivity (Wildman–Crippen MR) is 91.0 cm³/mol. The van der Waals surface area contributed by atoms with Gasteiger partial charge in [0.25, 0.3) is 0 Å². The summed E-state index contributed by atoms with van der Waals surface area (Å²) in [6.07, 6.45) is 1.51. The summed E-state index contributed by atoms with van der Waals surface area (Å²) < 4.78 is 28.0. The Hall–Kier alpha value is -1.41. The van der Waals surface area contributed by atoms with Crippen LogP contribution in [-0.4, -0.2) is 30.5 Å². The highest BCUT2D eigenvalue weighted by Gasteiger charge is 2.42. The van der Waals surface area contributed by atoms with Gasteiger partial charge in [-0.05, 0) is 31.5 Å². The number of hydrogen-bond donors (Lipinski definition) is 1. The van der Waals surface area contributed by atoms with Gasteiger partial charge in [-0.1, -0.05) is 35.3 Å². The smallest absolute Gasteiger partial charge is 0.223 e. The minimum atomic E-state index is -3.67. The first kappa shape index (κ1) is 16.4. The van der Waals surface area contributed by atoms with Crippen molar-refractivity contribution in [1.82, 2.24) is 14.7 Å². The van der Waals surface area contributed by atoms with Gasteiger partial charge in [-0.25, -0.2) is 9.29 Å². The summed E-state index contributed by atoms with van der Waals surface area (Å²) in [7, 11) is -3.67. The van der Waals surface area contributed by atoms with Crippen molar-refractivity contribution in [3.05, 3.63) is 40.6 Å². The lowest BCUT2D eigenvalue weighted by Gasteiger charge is -2.16. The number of anilines is 1. The highest BCUT2D eigenvalue weighted by atomic mass is 35.5. The molecule has 1 aromatic heterocycles. The third-order valence-corrected chi connectivity index (χ3v) is 5.57. The van der Waals surface area contributed by atoms with Crippen molar-refractivity contribution in [2.24, 2.45) is 0 Å². The maximum atomic E-state index is 12.2. The second-order valence-corrected chi connectivity index (χ2v) is 8.27. The molecule has 1 N–H and O–H groups in total. The van der Waals surface area contributed by atoms with Gasteiger partial charge in [0.2, 0.25) is 5.95 Å². The molecule has 1 aliphatic heterocycles. The Morgan fingerprint density at radius 3 is 2.39 bits per heavy atom. The van der Waals surface area contributed by atoms with Crippen molar-refractivity contribution in [3.8, 4) is 11.1 Å². The normalized spacial score (nSPS) is 19.0. The fourth-order valence-corrected chi connectivity index (χ4v) is 4.38. The topological polar surface area (TPSA) is 75.2 Å². The van der Waals surface area contributed by atoms with Gasteiger partial charge in [-0.3, -0.25) is 0 Å². The van der Waals surface area contributed by atoms with Crippen LogP contribution in [0.15, 0.2) is 30.5 Å². The molecule has 23 heavy (non-hydrogen) atoms. The third-order valence-electron chi connectivity index (χ3n) is 3.34. The van der Waals surface area contributed by atoms with Crippen LogP contribution in [0.1, 0.15) is 13.8 Å². The number of benzene rings is 1. The molecular formula is C14H14Cl2N4O2S. The lowest BCUT2D eigenvalue weighted by Crippen LogP contribution is -2.36. The SMILES string of the molecule is CC1(C)CN(c2ncc(-c3ccc(Cl)cc3)c(Cl)n2)S(=O)(=O)N1. The van der Waals surface area contributed by atoms with Crippen LogP contribution in [0.4, 0.5) is 5.95 Å². The molecule has 0 atom stereocenters. The monoisotopic (exact) mass is 372 g/mol. The molecule has 9 heteroatoms. The molecule has 6 nitrogen and oxygen atoms in total. The van der Waals surface area contributed by atoms with Crippen LogP contribution in [0, 0.1) is 0 Å². The predicted octanol–water partition coefficient (Wildman–Crippen LogP) is 2.88. The van der Waals surface area contributed by atoms with Crippen LogP contribution in [0.25, 0.3) is 11.1 Å². The zero-order valence-electron chi connectivity index (χ0n) is 12.4. The lowest BCUT2D eigenvalue weighted by molar-refractivity contribution is 0.507. The fourth-order valence-electron chi connectivity index (χ4n) is 2.35. The summed E-state index contributed by atoms with van der Waals surface area (Å²) in [5.41, 5.74) is 0.813. The van der Waals surface area contributed by atoms with Gasteiger partial charge in [0.15, 0.2) is 0 Å². The molecule has 0 saturated carbocycles. The van der Waals surface area contributed by atoms with Crippen molar-refractivity contribution >= 4 is 39.4 Å². The maximum Gasteiger partial charge on any atom is 0.304 e. The average molecular weight is 373 g/mol. The minimum absolute atomic E-state index is 0.0470. The largest absolute Gasteiger partial charge is 0.304 e. The third kappa shape index (κ3) is 3.28. The van der Waals surface area contributed by atoms with Crippen LogP contribution >= 0.6 is 23.2 Å². The Kier molecular flexibility index (Phi) is 4.00. The van der Waals surface area contributed by atoms with Gasteiger partial charge in [0.1, 0.15) is 5.15 Å². The van der Waals surface area contributed by atoms with E-state index in [9.17, 15) is 8.42 Å². The van der Waals surface area contributed by atoms with E-state index in [0.717, 1.165) is 9.87 Å². The van der Waals surface area contributed by atoms with Gasteiger partial charge in [0, 0.05) is 22.3 Å². The molecule has 3 rings (SSSR count). The molecule has 0 unspecified atom stereocenters. The van der Waals surface area contributed by atoms with Gasteiger partial charge >= 0.3 is 10.2 Å². The Balaban J connectivity index is 1.98. The van der Waals surface area contributed by atoms with E-state index in [0.29, 0.717) is 10.6 Å². The van der Waals surface area contributed by atoms with E-state index < -0.39 is 15.7 Å². The van der Waals surface area contributed by atoms with Crippen molar-refractivity contribution in [2.75, 3.05) is 10.8 Å². The first-order chi connectivity index (χ1) is 10.7. The molecule has 0 spiro atoms. The Bertz CT molecular complexity index is 854. The number of rotatable bonds is 2. The molecule has 0 amide bonds. The summed E-state index contributed by atoms with van der Waals surface area (Å²) in [6.45, 7) is 3.80. The summed E-state index contributed by atoms with van der Waals surface area (Å²) in [4.78, 5) is 8.30. The molecule has 0 aliphatic carbocycles.